The molecule has 1 saturated heterocycles. The second kappa shape index (κ2) is 6.29. The number of nitrogens with one attached hydrogen (secondary N) is 1. The van der Waals surface area contributed by atoms with E-state index in [1.54, 1.807) is 11.3 Å². The summed E-state index contributed by atoms with van der Waals surface area (Å²) in [6.07, 6.45) is 3.16. The van der Waals surface area contributed by atoms with Crippen LogP contribution in [0.4, 0.5) is 0 Å². The SMILES string of the molecule is CCC(CSC)N1C(=O)C(C)NC1c1ccc(C)s1. The molecule has 5 heteroatoms. The average Bonchev–Trinajstić information content (AvgIpc) is 2.93. The summed E-state index contributed by atoms with van der Waals surface area (Å²) in [5, 5.41) is 3.43. The molecule has 0 saturated carbocycles. The molecule has 0 spiro atoms. The number of carbonyl (C=O) groups is 1. The molecule has 1 fully saturated rings. The Hall–Kier alpha value is -0.520. The van der Waals surface area contributed by atoms with E-state index in [9.17, 15) is 4.79 Å². The minimum atomic E-state index is -0.0803. The molecule has 0 radical (unpaired) electrons. The molecule has 1 aromatic rings. The second-order valence-corrected chi connectivity index (χ2v) is 7.23. The predicted octanol–water partition coefficient (Wildman–Crippen LogP) is 3.02. The number of carbonyl (C=O) groups excluding carboxylic acids is 1. The molecular weight excluding hydrogens is 276 g/mol. The van der Waals surface area contributed by atoms with Gasteiger partial charge >= 0.3 is 0 Å². The Morgan fingerprint density at radius 3 is 2.79 bits per heavy atom. The third-order valence-electron chi connectivity index (χ3n) is 3.57. The number of aryl methyl sites for hydroxylation is 1. The van der Waals surface area contributed by atoms with Crippen molar-refractivity contribution in [1.82, 2.24) is 10.2 Å². The molecule has 2 heterocycles. The van der Waals surface area contributed by atoms with E-state index in [0.717, 1.165) is 12.2 Å². The topological polar surface area (TPSA) is 32.3 Å². The van der Waals surface area contributed by atoms with E-state index in [0.29, 0.717) is 6.04 Å². The highest BCUT2D eigenvalue weighted by molar-refractivity contribution is 7.98. The molecule has 3 unspecified atom stereocenters. The van der Waals surface area contributed by atoms with Crippen molar-refractivity contribution in [1.29, 1.82) is 0 Å². The van der Waals surface area contributed by atoms with Gasteiger partial charge in [-0.25, -0.2) is 0 Å². The summed E-state index contributed by atoms with van der Waals surface area (Å²) in [6.45, 7) is 6.23. The molecular formula is C14H22N2OS2. The molecule has 0 bridgehead atoms. The van der Waals surface area contributed by atoms with Gasteiger partial charge in [0.15, 0.2) is 0 Å². The molecule has 106 valence electrons. The Balaban J connectivity index is 2.27. The average molecular weight is 298 g/mol. The molecule has 1 N–H and O–H groups in total. The first-order chi connectivity index (χ1) is 9.08. The van der Waals surface area contributed by atoms with Crippen molar-refractivity contribution in [2.45, 2.75) is 45.4 Å². The minimum absolute atomic E-state index is 0.0540. The number of thioether (sulfide) groups is 1. The van der Waals surface area contributed by atoms with Crippen molar-refractivity contribution in [2.75, 3.05) is 12.0 Å². The first-order valence-corrected chi connectivity index (χ1v) is 8.93. The van der Waals surface area contributed by atoms with Crippen LogP contribution in [0.25, 0.3) is 0 Å². The molecule has 2 rings (SSSR count). The van der Waals surface area contributed by atoms with Crippen molar-refractivity contribution in [2.24, 2.45) is 0 Å². The third-order valence-corrected chi connectivity index (χ3v) is 5.34. The molecule has 1 aromatic heterocycles. The van der Waals surface area contributed by atoms with Crippen molar-refractivity contribution in [3.8, 4) is 0 Å². The van der Waals surface area contributed by atoms with Gasteiger partial charge in [-0.15, -0.1) is 11.3 Å². The van der Waals surface area contributed by atoms with E-state index in [1.807, 2.05) is 18.7 Å². The van der Waals surface area contributed by atoms with Crippen LogP contribution in [-0.4, -0.2) is 34.9 Å². The lowest BCUT2D eigenvalue weighted by Crippen LogP contribution is -2.41. The number of hydrogen-bond donors (Lipinski definition) is 1. The number of hydrogen-bond acceptors (Lipinski definition) is 4. The summed E-state index contributed by atoms with van der Waals surface area (Å²) in [7, 11) is 0. The quantitative estimate of drug-likeness (QED) is 0.907. The van der Waals surface area contributed by atoms with Gasteiger partial charge in [-0.2, -0.15) is 11.8 Å². The third kappa shape index (κ3) is 2.98. The minimum Gasteiger partial charge on any atom is -0.317 e. The molecule has 1 aliphatic rings. The Bertz CT molecular complexity index is 446. The summed E-state index contributed by atoms with van der Waals surface area (Å²) in [6, 6.07) is 4.50. The van der Waals surface area contributed by atoms with Crippen molar-refractivity contribution in [3.05, 3.63) is 21.9 Å². The number of amides is 1. The summed E-state index contributed by atoms with van der Waals surface area (Å²) >= 11 is 3.58. The Labute approximate surface area is 123 Å². The lowest BCUT2D eigenvalue weighted by molar-refractivity contribution is -0.131. The zero-order chi connectivity index (χ0) is 14.0. The van der Waals surface area contributed by atoms with E-state index >= 15 is 0 Å². The van der Waals surface area contributed by atoms with Gasteiger partial charge in [0.25, 0.3) is 0 Å². The highest BCUT2D eigenvalue weighted by Crippen LogP contribution is 2.33. The highest BCUT2D eigenvalue weighted by atomic mass is 32.2. The van der Waals surface area contributed by atoms with Crippen LogP contribution < -0.4 is 5.32 Å². The van der Waals surface area contributed by atoms with Gasteiger partial charge in [-0.05, 0) is 38.7 Å². The lowest BCUT2D eigenvalue weighted by Gasteiger charge is -2.31. The van der Waals surface area contributed by atoms with Crippen molar-refractivity contribution in [3.63, 3.8) is 0 Å². The van der Waals surface area contributed by atoms with Crippen LogP contribution in [0.1, 0.15) is 36.2 Å². The normalized spacial score (nSPS) is 25.1. The Morgan fingerprint density at radius 1 is 1.53 bits per heavy atom. The van der Waals surface area contributed by atoms with Gasteiger partial charge < -0.3 is 4.90 Å². The molecule has 3 nitrogen and oxygen atoms in total. The summed E-state index contributed by atoms with van der Waals surface area (Å²) in [5.74, 6) is 1.23. The maximum absolute atomic E-state index is 12.4. The zero-order valence-electron chi connectivity index (χ0n) is 12.0. The predicted molar refractivity (Wildman–Crippen MR) is 83.7 cm³/mol. The fourth-order valence-corrected chi connectivity index (χ4v) is 4.26. The smallest absolute Gasteiger partial charge is 0.241 e. The molecule has 0 aliphatic carbocycles. The van der Waals surface area contributed by atoms with E-state index in [2.05, 4.69) is 42.5 Å². The van der Waals surface area contributed by atoms with E-state index in [-0.39, 0.29) is 18.1 Å². The number of nitrogens with zero attached hydrogens (tertiary/aromatic N) is 1. The van der Waals surface area contributed by atoms with Crippen LogP contribution in [-0.2, 0) is 4.79 Å². The van der Waals surface area contributed by atoms with Gasteiger partial charge in [0, 0.05) is 21.5 Å². The fourth-order valence-electron chi connectivity index (χ4n) is 2.54. The lowest BCUT2D eigenvalue weighted by atomic mass is 10.2. The number of thiophene rings is 1. The first-order valence-electron chi connectivity index (χ1n) is 6.72. The maximum Gasteiger partial charge on any atom is 0.241 e. The van der Waals surface area contributed by atoms with Crippen molar-refractivity contribution < 1.29 is 4.79 Å². The summed E-state index contributed by atoms with van der Waals surface area (Å²) in [4.78, 5) is 17.0. The van der Waals surface area contributed by atoms with Gasteiger partial charge in [-0.3, -0.25) is 10.1 Å². The first kappa shape index (κ1) is 14.9. The molecule has 1 aliphatic heterocycles. The molecule has 19 heavy (non-hydrogen) atoms. The van der Waals surface area contributed by atoms with Crippen molar-refractivity contribution >= 4 is 29.0 Å². The van der Waals surface area contributed by atoms with Gasteiger partial charge in [-0.1, -0.05) is 6.92 Å². The summed E-state index contributed by atoms with van der Waals surface area (Å²) < 4.78 is 0. The molecule has 1 amide bonds. The van der Waals surface area contributed by atoms with Gasteiger partial charge in [0.05, 0.1) is 6.04 Å². The number of rotatable bonds is 5. The largest absolute Gasteiger partial charge is 0.317 e. The van der Waals surface area contributed by atoms with Crippen LogP contribution in [0, 0.1) is 6.92 Å². The van der Waals surface area contributed by atoms with Crippen LogP contribution in [0.15, 0.2) is 12.1 Å². The van der Waals surface area contributed by atoms with E-state index in [1.165, 1.54) is 9.75 Å². The standard InChI is InChI=1S/C14H22N2OS2/c1-5-11(8-18-4)16-13(15-10(3)14(16)17)12-7-6-9(2)19-12/h6-7,10-11,13,15H,5,8H2,1-4H3. The zero-order valence-corrected chi connectivity index (χ0v) is 13.6. The van der Waals surface area contributed by atoms with Crippen LogP contribution in [0.3, 0.4) is 0 Å². The van der Waals surface area contributed by atoms with E-state index in [4.69, 9.17) is 0 Å². The fraction of sp³-hybridized carbons (Fsp3) is 0.643. The monoisotopic (exact) mass is 298 g/mol. The van der Waals surface area contributed by atoms with E-state index < -0.39 is 0 Å². The Kier molecular flexibility index (Phi) is 4.92. The van der Waals surface area contributed by atoms with Crippen LogP contribution in [0.5, 0.6) is 0 Å². The van der Waals surface area contributed by atoms with Crippen LogP contribution >= 0.6 is 23.1 Å². The van der Waals surface area contributed by atoms with Crippen LogP contribution in [0.2, 0.25) is 0 Å². The molecule has 3 atom stereocenters. The Morgan fingerprint density at radius 2 is 2.26 bits per heavy atom. The highest BCUT2D eigenvalue weighted by Gasteiger charge is 2.40. The maximum atomic E-state index is 12.4. The molecule has 0 aromatic carbocycles. The van der Waals surface area contributed by atoms with Gasteiger partial charge in [0.1, 0.15) is 6.17 Å². The second-order valence-electron chi connectivity index (χ2n) is 5.00. The van der Waals surface area contributed by atoms with Gasteiger partial charge in [0.2, 0.25) is 5.91 Å². The summed E-state index contributed by atoms with van der Waals surface area (Å²) in [5.41, 5.74) is 0.